The summed E-state index contributed by atoms with van der Waals surface area (Å²) in [7, 11) is 0. The quantitative estimate of drug-likeness (QED) is 0.178. The van der Waals surface area contributed by atoms with Crippen LogP contribution in [0.3, 0.4) is 0 Å². The third-order valence-corrected chi connectivity index (χ3v) is 12.4. The molecule has 1 atom stereocenters. The molecule has 0 radical (unpaired) electrons. The van der Waals surface area contributed by atoms with Crippen LogP contribution in [0.15, 0.2) is 194 Å². The highest BCUT2D eigenvalue weighted by Crippen LogP contribution is 2.68. The van der Waals surface area contributed by atoms with E-state index in [-0.39, 0.29) is 0 Å². The third-order valence-electron chi connectivity index (χ3n) is 11.1. The molecule has 1 spiro atoms. The first-order chi connectivity index (χ1) is 26.8. The summed E-state index contributed by atoms with van der Waals surface area (Å²) < 4.78 is 0. The van der Waals surface area contributed by atoms with Gasteiger partial charge in [0.05, 0.1) is 16.8 Å². The number of hydrogen-bond acceptors (Lipinski definition) is 3. The Hall–Kier alpha value is -6.68. The molecule has 11 rings (SSSR count). The zero-order valence-electron chi connectivity index (χ0n) is 29.3. The van der Waals surface area contributed by atoms with Crippen molar-refractivity contribution < 1.29 is 0 Å². The van der Waals surface area contributed by atoms with Crippen molar-refractivity contribution in [1.29, 1.82) is 0 Å². The van der Waals surface area contributed by atoms with Crippen LogP contribution in [0.25, 0.3) is 77.0 Å². The monoisotopic (exact) mass is 704 g/mol. The van der Waals surface area contributed by atoms with E-state index in [1.54, 1.807) is 0 Å². The first kappa shape index (κ1) is 30.9. The molecule has 252 valence electrons. The third kappa shape index (κ3) is 4.46. The number of nitrogens with zero attached hydrogens (tertiary/aromatic N) is 2. The maximum atomic E-state index is 5.35. The molecule has 3 heteroatoms. The summed E-state index contributed by atoms with van der Waals surface area (Å²) in [5.74, 6) is 0.726. The number of benzene rings is 7. The Morgan fingerprint density at radius 3 is 1.33 bits per heavy atom. The number of aromatic nitrogens is 2. The van der Waals surface area contributed by atoms with Crippen molar-refractivity contribution in [3.05, 3.63) is 216 Å². The molecule has 7 aromatic carbocycles. The van der Waals surface area contributed by atoms with Crippen LogP contribution in [0.4, 0.5) is 0 Å². The van der Waals surface area contributed by atoms with Crippen LogP contribution in [0, 0.1) is 0 Å². The van der Waals surface area contributed by atoms with Gasteiger partial charge in [0.1, 0.15) is 0 Å². The predicted molar refractivity (Wildman–Crippen MR) is 223 cm³/mol. The fourth-order valence-corrected chi connectivity index (χ4v) is 10.3. The van der Waals surface area contributed by atoms with Gasteiger partial charge >= 0.3 is 0 Å². The lowest BCUT2D eigenvalue weighted by Gasteiger charge is -2.31. The van der Waals surface area contributed by atoms with E-state index in [4.69, 9.17) is 9.97 Å². The van der Waals surface area contributed by atoms with Gasteiger partial charge in [0.15, 0.2) is 5.82 Å². The summed E-state index contributed by atoms with van der Waals surface area (Å²) in [6.07, 6.45) is 0. The molecule has 9 aromatic rings. The van der Waals surface area contributed by atoms with Gasteiger partial charge in [-0.05, 0) is 56.1 Å². The van der Waals surface area contributed by atoms with Crippen molar-refractivity contribution in [3.8, 4) is 77.0 Å². The maximum Gasteiger partial charge on any atom is 0.161 e. The molecule has 1 unspecified atom stereocenters. The topological polar surface area (TPSA) is 25.8 Å². The van der Waals surface area contributed by atoms with Gasteiger partial charge in [-0.3, -0.25) is 0 Å². The minimum absolute atomic E-state index is 0.540. The number of rotatable bonds is 5. The minimum Gasteiger partial charge on any atom is -0.228 e. The number of hydrogen-bond donors (Lipinski definition) is 0. The van der Waals surface area contributed by atoms with E-state index in [1.165, 1.54) is 65.4 Å². The number of fused-ring (bicyclic) bond motifs is 10. The van der Waals surface area contributed by atoms with E-state index in [2.05, 4.69) is 194 Å². The lowest BCUT2D eigenvalue weighted by Crippen LogP contribution is -2.26. The van der Waals surface area contributed by atoms with Crippen LogP contribution < -0.4 is 0 Å². The second-order valence-electron chi connectivity index (χ2n) is 14.0. The molecular formula is C51H32N2S. The molecule has 2 aromatic heterocycles. The van der Waals surface area contributed by atoms with Crippen LogP contribution in [-0.2, 0) is 5.41 Å². The van der Waals surface area contributed by atoms with E-state index in [1.807, 2.05) is 11.3 Å². The molecule has 0 bridgehead atoms. The number of thiophene rings is 1. The van der Waals surface area contributed by atoms with Gasteiger partial charge in [0.2, 0.25) is 0 Å². The Bertz CT molecular complexity index is 2800. The molecular weight excluding hydrogens is 673 g/mol. The minimum atomic E-state index is -0.540. The molecule has 2 nitrogen and oxygen atoms in total. The van der Waals surface area contributed by atoms with Gasteiger partial charge in [0.25, 0.3) is 0 Å². The maximum absolute atomic E-state index is 5.35. The van der Waals surface area contributed by atoms with Crippen molar-refractivity contribution in [2.24, 2.45) is 0 Å². The zero-order chi connectivity index (χ0) is 35.6. The van der Waals surface area contributed by atoms with E-state index in [0.29, 0.717) is 0 Å². The molecule has 2 heterocycles. The largest absolute Gasteiger partial charge is 0.228 e. The molecule has 0 aliphatic heterocycles. The van der Waals surface area contributed by atoms with Crippen LogP contribution >= 0.6 is 11.3 Å². The van der Waals surface area contributed by atoms with Crippen molar-refractivity contribution in [2.75, 3.05) is 0 Å². The van der Waals surface area contributed by atoms with Gasteiger partial charge in [-0.2, -0.15) is 0 Å². The lowest BCUT2D eigenvalue weighted by atomic mass is 9.70. The Morgan fingerprint density at radius 1 is 0.352 bits per heavy atom. The van der Waals surface area contributed by atoms with E-state index >= 15 is 0 Å². The van der Waals surface area contributed by atoms with Gasteiger partial charge < -0.3 is 0 Å². The highest BCUT2D eigenvalue weighted by atomic mass is 32.1. The molecule has 0 saturated carbocycles. The van der Waals surface area contributed by atoms with Gasteiger partial charge in [-0.15, -0.1) is 11.3 Å². The standard InChI is InChI=1S/C51H32N2S/c1-5-18-33(19-6-1)43-32-44(34-20-7-2-8-21-34)53-50(52-43)39-28-17-31-42-45(39)37-26-13-15-29-40(37)51(42)41-30-16-14-27-38(41)46-47(51)49(36-24-11-4-12-25-36)54-48(46)35-22-9-3-10-23-35/h1-32H. The Labute approximate surface area is 318 Å². The average Bonchev–Trinajstić information content (AvgIpc) is 3.90. The Kier molecular flexibility index (Phi) is 6.98. The molecule has 0 N–H and O–H groups in total. The summed E-state index contributed by atoms with van der Waals surface area (Å²) in [5.41, 5.74) is 17.3. The molecule has 0 amide bonds. The second kappa shape index (κ2) is 12.2. The summed E-state index contributed by atoms with van der Waals surface area (Å²) in [5, 5.41) is 0. The Balaban J connectivity index is 1.25. The van der Waals surface area contributed by atoms with Gasteiger partial charge in [0, 0.05) is 32.0 Å². The van der Waals surface area contributed by atoms with Crippen molar-refractivity contribution in [3.63, 3.8) is 0 Å². The molecule has 2 aliphatic carbocycles. The SMILES string of the molecule is c1ccc(-c2cc(-c3ccccc3)nc(-c3cccc4c3-c3ccccc3C43c4ccccc4-c4c(-c5ccccc5)sc(-c5ccccc5)c43)n2)cc1. The van der Waals surface area contributed by atoms with Crippen LogP contribution in [0.1, 0.15) is 22.3 Å². The fourth-order valence-electron chi connectivity index (χ4n) is 8.95. The molecule has 2 aliphatic rings. The lowest BCUT2D eigenvalue weighted by molar-refractivity contribution is 0.798. The molecule has 0 fully saturated rings. The second-order valence-corrected chi connectivity index (χ2v) is 15.0. The van der Waals surface area contributed by atoms with Crippen molar-refractivity contribution in [2.45, 2.75) is 5.41 Å². The summed E-state index contributed by atoms with van der Waals surface area (Å²) in [6, 6.07) is 69.9. The molecule has 0 saturated heterocycles. The highest BCUT2D eigenvalue weighted by Gasteiger charge is 2.55. The molecule has 54 heavy (non-hydrogen) atoms. The van der Waals surface area contributed by atoms with Crippen molar-refractivity contribution in [1.82, 2.24) is 9.97 Å². The normalized spacial score (nSPS) is 14.7. The van der Waals surface area contributed by atoms with Crippen molar-refractivity contribution >= 4 is 11.3 Å². The van der Waals surface area contributed by atoms with E-state index < -0.39 is 5.41 Å². The van der Waals surface area contributed by atoms with E-state index in [9.17, 15) is 0 Å². The highest BCUT2D eigenvalue weighted by molar-refractivity contribution is 7.19. The summed E-state index contributed by atoms with van der Waals surface area (Å²) in [6.45, 7) is 0. The average molecular weight is 705 g/mol. The van der Waals surface area contributed by atoms with Crippen LogP contribution in [0.5, 0.6) is 0 Å². The van der Waals surface area contributed by atoms with Crippen LogP contribution in [-0.4, -0.2) is 9.97 Å². The summed E-state index contributed by atoms with van der Waals surface area (Å²) in [4.78, 5) is 13.3. The Morgan fingerprint density at radius 2 is 0.778 bits per heavy atom. The zero-order valence-corrected chi connectivity index (χ0v) is 30.1. The predicted octanol–water partition coefficient (Wildman–Crippen LogP) is 13.2. The van der Waals surface area contributed by atoms with Gasteiger partial charge in [-0.25, -0.2) is 9.97 Å². The first-order valence-electron chi connectivity index (χ1n) is 18.4. The van der Waals surface area contributed by atoms with Crippen LogP contribution in [0.2, 0.25) is 0 Å². The van der Waals surface area contributed by atoms with Gasteiger partial charge in [-0.1, -0.05) is 188 Å². The van der Waals surface area contributed by atoms with E-state index in [0.717, 1.165) is 33.9 Å². The smallest absolute Gasteiger partial charge is 0.161 e. The summed E-state index contributed by atoms with van der Waals surface area (Å²) >= 11 is 1.92. The fraction of sp³-hybridized carbons (Fsp3) is 0.0196. The first-order valence-corrected chi connectivity index (χ1v) is 19.2.